The molecule has 0 atom stereocenters. The predicted molar refractivity (Wildman–Crippen MR) is 139 cm³/mol. The highest BCUT2D eigenvalue weighted by atomic mass is 32.2. The standard InChI is InChI=1S/C25H24F3N3OS3/c1-14-11-18(12-19-22(14)35-21(30-19)9-10-24(3,4)31-32)33-13-20-15(2)29-23(34-20)16-5-7-17(8-6-16)25(26,27)28/h5-8,11-12H,9-10,13H2,1-4H3. The molecule has 4 aromatic rings. The number of fused-ring (bicyclic) bond motifs is 1. The summed E-state index contributed by atoms with van der Waals surface area (Å²) in [7, 11) is 0. The first-order chi connectivity index (χ1) is 16.4. The number of aryl methyl sites for hydroxylation is 3. The van der Waals surface area contributed by atoms with Crippen molar-refractivity contribution in [2.45, 2.75) is 62.9 Å². The molecule has 4 nitrogen and oxygen atoms in total. The second kappa shape index (κ2) is 9.99. The molecule has 2 heterocycles. The van der Waals surface area contributed by atoms with E-state index in [-0.39, 0.29) is 0 Å². The molecule has 0 saturated carbocycles. The molecule has 0 amide bonds. The number of rotatable bonds is 8. The predicted octanol–water partition coefficient (Wildman–Crippen LogP) is 8.83. The average molecular weight is 536 g/mol. The molecule has 184 valence electrons. The van der Waals surface area contributed by atoms with Crippen LogP contribution >= 0.6 is 34.4 Å². The van der Waals surface area contributed by atoms with Crippen LogP contribution in [0.3, 0.4) is 0 Å². The van der Waals surface area contributed by atoms with Gasteiger partial charge in [0.2, 0.25) is 0 Å². The Morgan fingerprint density at radius 2 is 1.74 bits per heavy atom. The molecule has 35 heavy (non-hydrogen) atoms. The van der Waals surface area contributed by atoms with Crippen LogP contribution in [0.4, 0.5) is 13.2 Å². The number of aromatic nitrogens is 2. The fourth-order valence-electron chi connectivity index (χ4n) is 3.50. The Kier molecular flexibility index (Phi) is 7.36. The zero-order valence-electron chi connectivity index (χ0n) is 19.7. The van der Waals surface area contributed by atoms with Crippen molar-refractivity contribution in [3.8, 4) is 10.6 Å². The van der Waals surface area contributed by atoms with E-state index < -0.39 is 17.3 Å². The van der Waals surface area contributed by atoms with E-state index in [1.54, 1.807) is 23.1 Å². The highest BCUT2D eigenvalue weighted by Gasteiger charge is 2.30. The Morgan fingerprint density at radius 3 is 2.40 bits per heavy atom. The van der Waals surface area contributed by atoms with Gasteiger partial charge in [-0.3, -0.25) is 0 Å². The molecule has 0 fully saturated rings. The summed E-state index contributed by atoms with van der Waals surface area (Å²) in [5.41, 5.74) is 2.43. The number of hydrogen-bond acceptors (Lipinski definition) is 7. The van der Waals surface area contributed by atoms with Crippen LogP contribution in [0.2, 0.25) is 0 Å². The molecule has 0 spiro atoms. The van der Waals surface area contributed by atoms with Crippen molar-refractivity contribution >= 4 is 44.7 Å². The maximum Gasteiger partial charge on any atom is 0.416 e. The molecule has 0 aliphatic heterocycles. The SMILES string of the molecule is Cc1nc(-c2ccc(C(F)(F)F)cc2)sc1CSc1cc(C)c2sc(CCC(C)(C)N=O)nc2c1. The van der Waals surface area contributed by atoms with Crippen LogP contribution in [0.15, 0.2) is 46.5 Å². The van der Waals surface area contributed by atoms with Crippen molar-refractivity contribution in [3.63, 3.8) is 0 Å². The lowest BCUT2D eigenvalue weighted by atomic mass is 10.0. The van der Waals surface area contributed by atoms with Gasteiger partial charge in [-0.15, -0.1) is 34.4 Å². The van der Waals surface area contributed by atoms with Gasteiger partial charge in [0.1, 0.15) is 5.01 Å². The molecule has 0 bridgehead atoms. The van der Waals surface area contributed by atoms with Gasteiger partial charge in [0, 0.05) is 27.5 Å². The first-order valence-electron chi connectivity index (χ1n) is 11.0. The van der Waals surface area contributed by atoms with Crippen molar-refractivity contribution in [1.29, 1.82) is 0 Å². The fourth-order valence-corrected chi connectivity index (χ4v) is 6.75. The summed E-state index contributed by atoms with van der Waals surface area (Å²) < 4.78 is 39.7. The third-order valence-electron chi connectivity index (χ3n) is 5.61. The smallest absolute Gasteiger partial charge is 0.241 e. The third kappa shape index (κ3) is 6.10. The molecule has 0 N–H and O–H groups in total. The molecule has 0 saturated heterocycles. The minimum Gasteiger partial charge on any atom is -0.241 e. The fraction of sp³-hybridized carbons (Fsp3) is 0.360. The highest BCUT2D eigenvalue weighted by Crippen LogP contribution is 2.37. The Balaban J connectivity index is 1.47. The van der Waals surface area contributed by atoms with E-state index in [2.05, 4.69) is 29.2 Å². The van der Waals surface area contributed by atoms with Crippen LogP contribution < -0.4 is 0 Å². The van der Waals surface area contributed by atoms with Crippen LogP contribution in [-0.2, 0) is 18.3 Å². The van der Waals surface area contributed by atoms with Crippen molar-refractivity contribution in [2.75, 3.05) is 0 Å². The zero-order valence-corrected chi connectivity index (χ0v) is 22.1. The zero-order chi connectivity index (χ0) is 25.4. The van der Waals surface area contributed by atoms with Gasteiger partial charge in [-0.2, -0.15) is 18.1 Å². The van der Waals surface area contributed by atoms with Crippen molar-refractivity contribution in [3.05, 3.63) is 68.0 Å². The Hall–Kier alpha value is -2.30. The van der Waals surface area contributed by atoms with Gasteiger partial charge in [-0.25, -0.2) is 9.97 Å². The lowest BCUT2D eigenvalue weighted by Crippen LogP contribution is -2.16. The van der Waals surface area contributed by atoms with Crippen LogP contribution in [0.5, 0.6) is 0 Å². The van der Waals surface area contributed by atoms with Gasteiger partial charge >= 0.3 is 6.18 Å². The first kappa shape index (κ1) is 25.8. The van der Waals surface area contributed by atoms with Crippen LogP contribution in [0, 0.1) is 18.8 Å². The van der Waals surface area contributed by atoms with Crippen molar-refractivity contribution < 1.29 is 13.2 Å². The largest absolute Gasteiger partial charge is 0.416 e. The molecular weight excluding hydrogens is 511 g/mol. The van der Waals surface area contributed by atoms with Gasteiger partial charge in [0.05, 0.1) is 32.0 Å². The molecular formula is C25H24F3N3OS3. The van der Waals surface area contributed by atoms with E-state index in [1.807, 2.05) is 20.8 Å². The van der Waals surface area contributed by atoms with Gasteiger partial charge in [-0.1, -0.05) is 17.3 Å². The molecule has 2 aromatic carbocycles. The molecule has 0 aliphatic carbocycles. The Morgan fingerprint density at radius 1 is 1.03 bits per heavy atom. The van der Waals surface area contributed by atoms with E-state index in [0.717, 1.165) is 53.4 Å². The number of thiazole rings is 2. The van der Waals surface area contributed by atoms with E-state index in [0.29, 0.717) is 24.2 Å². The van der Waals surface area contributed by atoms with E-state index >= 15 is 0 Å². The number of nitrogens with zero attached hydrogens (tertiary/aromatic N) is 3. The second-order valence-electron chi connectivity index (χ2n) is 8.99. The Bertz CT molecular complexity index is 1360. The van der Waals surface area contributed by atoms with Gasteiger partial charge < -0.3 is 0 Å². The van der Waals surface area contributed by atoms with Crippen LogP contribution in [0.25, 0.3) is 20.8 Å². The number of benzene rings is 2. The monoisotopic (exact) mass is 535 g/mol. The molecule has 0 unspecified atom stereocenters. The van der Waals surface area contributed by atoms with E-state index in [4.69, 9.17) is 4.98 Å². The van der Waals surface area contributed by atoms with E-state index in [9.17, 15) is 18.1 Å². The molecule has 2 aromatic heterocycles. The number of alkyl halides is 3. The topological polar surface area (TPSA) is 55.2 Å². The van der Waals surface area contributed by atoms with Crippen molar-refractivity contribution in [2.24, 2.45) is 5.18 Å². The minimum absolute atomic E-state index is 0.597. The summed E-state index contributed by atoms with van der Waals surface area (Å²) >= 11 is 4.86. The van der Waals surface area contributed by atoms with Gasteiger partial charge in [0.25, 0.3) is 0 Å². The van der Waals surface area contributed by atoms with Crippen molar-refractivity contribution in [1.82, 2.24) is 9.97 Å². The number of nitroso groups, excluding NO2 is 1. The first-order valence-corrected chi connectivity index (χ1v) is 13.6. The summed E-state index contributed by atoms with van der Waals surface area (Å²) in [5, 5.41) is 4.91. The Labute approximate surface area is 214 Å². The summed E-state index contributed by atoms with van der Waals surface area (Å²) in [6.07, 6.45) is -2.98. The summed E-state index contributed by atoms with van der Waals surface area (Å²) in [4.78, 5) is 22.5. The number of hydrogen-bond donors (Lipinski definition) is 0. The lowest BCUT2D eigenvalue weighted by molar-refractivity contribution is -0.137. The summed E-state index contributed by atoms with van der Waals surface area (Å²) in [6.45, 7) is 7.66. The molecule has 10 heteroatoms. The molecule has 4 rings (SSSR count). The molecule has 0 radical (unpaired) electrons. The summed E-state index contributed by atoms with van der Waals surface area (Å²) in [5.74, 6) is 0.714. The lowest BCUT2D eigenvalue weighted by Gasteiger charge is -2.12. The highest BCUT2D eigenvalue weighted by molar-refractivity contribution is 7.98. The van der Waals surface area contributed by atoms with Crippen LogP contribution in [-0.4, -0.2) is 15.5 Å². The van der Waals surface area contributed by atoms with Crippen LogP contribution in [0.1, 0.15) is 47.0 Å². The number of thioether (sulfide) groups is 1. The average Bonchev–Trinajstić information content (AvgIpc) is 3.39. The summed E-state index contributed by atoms with van der Waals surface area (Å²) in [6, 6.07) is 9.37. The maximum absolute atomic E-state index is 12.8. The second-order valence-corrected chi connectivity index (χ2v) is 12.2. The molecule has 0 aliphatic rings. The minimum atomic E-state index is -4.35. The third-order valence-corrected chi connectivity index (χ3v) is 9.27. The van der Waals surface area contributed by atoms with Gasteiger partial charge in [-0.05, 0) is 63.9 Å². The maximum atomic E-state index is 12.8. The van der Waals surface area contributed by atoms with Gasteiger partial charge in [0.15, 0.2) is 0 Å². The quantitative estimate of drug-likeness (QED) is 0.167. The number of halogens is 3. The normalized spacial score (nSPS) is 12.4. The van der Waals surface area contributed by atoms with E-state index in [1.165, 1.54) is 23.5 Å².